The first-order valence-electron chi connectivity index (χ1n) is 7.30. The third kappa shape index (κ3) is 3.68. The van der Waals surface area contributed by atoms with Crippen molar-refractivity contribution < 1.29 is 23.7 Å². The number of benzene rings is 2. The maximum atomic E-state index is 12.6. The summed E-state index contributed by atoms with van der Waals surface area (Å²) in [6.45, 7) is 0. The van der Waals surface area contributed by atoms with Crippen LogP contribution in [0.3, 0.4) is 0 Å². The average Bonchev–Trinajstić information content (AvgIpc) is 2.64. The van der Waals surface area contributed by atoms with Gasteiger partial charge in [0.05, 0.1) is 28.4 Å². The van der Waals surface area contributed by atoms with E-state index in [9.17, 15) is 4.79 Å². The van der Waals surface area contributed by atoms with Crippen LogP contribution >= 0.6 is 0 Å². The number of hydrogen-bond donors (Lipinski definition) is 0. The third-order valence-corrected chi connectivity index (χ3v) is 3.51. The van der Waals surface area contributed by atoms with Crippen LogP contribution in [0, 0.1) is 0 Å². The molecule has 0 atom stereocenters. The number of carbonyl (C=O) groups excluding carboxylic acids is 1. The minimum atomic E-state index is -0.239. The molecular weight excluding hydrogens is 308 g/mol. The molecule has 24 heavy (non-hydrogen) atoms. The molecule has 5 heteroatoms. The molecule has 0 aromatic heterocycles. The van der Waals surface area contributed by atoms with Crippen molar-refractivity contribution in [3.8, 4) is 23.0 Å². The van der Waals surface area contributed by atoms with Gasteiger partial charge in [-0.1, -0.05) is 18.2 Å². The van der Waals surface area contributed by atoms with Gasteiger partial charge in [0.15, 0.2) is 5.78 Å². The molecule has 0 aliphatic heterocycles. The molecule has 126 valence electrons. The highest BCUT2D eigenvalue weighted by Gasteiger charge is 2.18. The molecule has 5 nitrogen and oxygen atoms in total. The van der Waals surface area contributed by atoms with Gasteiger partial charge in [-0.25, -0.2) is 0 Å². The maximum Gasteiger partial charge on any atom is 0.193 e. The van der Waals surface area contributed by atoms with E-state index in [0.717, 1.165) is 5.56 Å². The van der Waals surface area contributed by atoms with Gasteiger partial charge in [-0.05, 0) is 18.2 Å². The van der Waals surface area contributed by atoms with E-state index < -0.39 is 0 Å². The number of rotatable bonds is 7. The quantitative estimate of drug-likeness (QED) is 0.574. The number of para-hydroxylation sites is 1. The van der Waals surface area contributed by atoms with Crippen molar-refractivity contribution in [2.75, 3.05) is 28.4 Å². The topological polar surface area (TPSA) is 54.0 Å². The molecule has 2 aromatic carbocycles. The largest absolute Gasteiger partial charge is 0.496 e. The number of ketones is 1. The highest BCUT2D eigenvalue weighted by atomic mass is 16.5. The number of ether oxygens (including phenoxy) is 4. The normalized spacial score (nSPS) is 10.5. The van der Waals surface area contributed by atoms with Gasteiger partial charge in [0.25, 0.3) is 0 Å². The second-order valence-electron chi connectivity index (χ2n) is 4.85. The Morgan fingerprint density at radius 3 is 1.96 bits per heavy atom. The highest BCUT2D eigenvalue weighted by Crippen LogP contribution is 2.34. The summed E-state index contributed by atoms with van der Waals surface area (Å²) in [5, 5.41) is 0. The molecule has 0 spiro atoms. The smallest absolute Gasteiger partial charge is 0.193 e. The molecule has 0 aliphatic rings. The van der Waals surface area contributed by atoms with E-state index in [1.807, 2.05) is 24.3 Å². The van der Waals surface area contributed by atoms with E-state index in [1.165, 1.54) is 27.4 Å². The lowest BCUT2D eigenvalue weighted by Crippen LogP contribution is -2.03. The number of hydrogen-bond acceptors (Lipinski definition) is 5. The van der Waals surface area contributed by atoms with Gasteiger partial charge in [0, 0.05) is 17.7 Å². The molecule has 0 saturated carbocycles. The van der Waals surface area contributed by atoms with E-state index in [4.69, 9.17) is 18.9 Å². The molecule has 0 saturated heterocycles. The second kappa shape index (κ2) is 8.06. The molecule has 0 bridgehead atoms. The van der Waals surface area contributed by atoms with Crippen LogP contribution in [0.15, 0.2) is 42.5 Å². The Kier molecular flexibility index (Phi) is 5.84. The first kappa shape index (κ1) is 17.4. The zero-order valence-electron chi connectivity index (χ0n) is 14.2. The predicted molar refractivity (Wildman–Crippen MR) is 92.5 cm³/mol. The summed E-state index contributed by atoms with van der Waals surface area (Å²) in [5.74, 6) is 1.78. The first-order valence-corrected chi connectivity index (χ1v) is 7.30. The number of allylic oxidation sites excluding steroid dienone is 1. The second-order valence-corrected chi connectivity index (χ2v) is 4.85. The summed E-state index contributed by atoms with van der Waals surface area (Å²) < 4.78 is 21.1. The van der Waals surface area contributed by atoms with Crippen molar-refractivity contribution >= 4 is 11.9 Å². The van der Waals surface area contributed by atoms with E-state index in [-0.39, 0.29) is 5.78 Å². The fraction of sp³-hybridized carbons (Fsp3) is 0.211. The molecule has 0 fully saturated rings. The Morgan fingerprint density at radius 1 is 0.833 bits per heavy atom. The van der Waals surface area contributed by atoms with Crippen LogP contribution in [0.25, 0.3) is 6.08 Å². The van der Waals surface area contributed by atoms with Crippen molar-refractivity contribution in [2.24, 2.45) is 0 Å². The third-order valence-electron chi connectivity index (χ3n) is 3.51. The fourth-order valence-electron chi connectivity index (χ4n) is 2.30. The summed E-state index contributed by atoms with van der Waals surface area (Å²) in [6.07, 6.45) is 3.16. The lowest BCUT2D eigenvalue weighted by molar-refractivity contribution is 0.104. The Hall–Kier alpha value is -2.95. The minimum Gasteiger partial charge on any atom is -0.496 e. The van der Waals surface area contributed by atoms with Gasteiger partial charge < -0.3 is 18.9 Å². The Bertz CT molecular complexity index is 724. The fourth-order valence-corrected chi connectivity index (χ4v) is 2.30. The van der Waals surface area contributed by atoms with Crippen LogP contribution in [0.2, 0.25) is 0 Å². The molecule has 0 amide bonds. The van der Waals surface area contributed by atoms with Gasteiger partial charge in [-0.15, -0.1) is 0 Å². The van der Waals surface area contributed by atoms with Crippen molar-refractivity contribution in [1.29, 1.82) is 0 Å². The van der Waals surface area contributed by atoms with Gasteiger partial charge in [-0.3, -0.25) is 4.79 Å². The van der Waals surface area contributed by atoms with Crippen LogP contribution in [-0.2, 0) is 0 Å². The Labute approximate surface area is 141 Å². The first-order chi connectivity index (χ1) is 11.6. The summed E-state index contributed by atoms with van der Waals surface area (Å²) in [6, 6.07) is 10.7. The maximum absolute atomic E-state index is 12.6. The molecule has 0 radical (unpaired) electrons. The lowest BCUT2D eigenvalue weighted by atomic mass is 10.1. The van der Waals surface area contributed by atoms with Crippen molar-refractivity contribution in [2.45, 2.75) is 0 Å². The minimum absolute atomic E-state index is 0.239. The van der Waals surface area contributed by atoms with Crippen LogP contribution < -0.4 is 18.9 Å². The highest BCUT2D eigenvalue weighted by molar-refractivity contribution is 6.10. The molecule has 2 rings (SSSR count). The van der Waals surface area contributed by atoms with Crippen molar-refractivity contribution in [3.05, 3.63) is 53.6 Å². The predicted octanol–water partition coefficient (Wildman–Crippen LogP) is 3.62. The summed E-state index contributed by atoms with van der Waals surface area (Å²) in [7, 11) is 6.12. The lowest BCUT2D eigenvalue weighted by Gasteiger charge is -2.13. The van der Waals surface area contributed by atoms with Gasteiger partial charge in [-0.2, -0.15) is 0 Å². The van der Waals surface area contributed by atoms with E-state index >= 15 is 0 Å². The average molecular weight is 328 g/mol. The van der Waals surface area contributed by atoms with E-state index in [1.54, 1.807) is 25.3 Å². The van der Waals surface area contributed by atoms with Crippen LogP contribution in [0.1, 0.15) is 15.9 Å². The Balaban J connectivity index is 2.40. The number of carbonyl (C=O) groups is 1. The standard InChI is InChI=1S/C19H20O5/c1-21-14-11-17(23-3)19(18(12-14)24-4)15(20)10-9-13-7-5-6-8-16(13)22-2/h5-12H,1-4H3/b10-9+. The van der Waals surface area contributed by atoms with Crippen LogP contribution in [-0.4, -0.2) is 34.2 Å². The molecule has 0 N–H and O–H groups in total. The zero-order chi connectivity index (χ0) is 17.5. The SMILES string of the molecule is COc1cc(OC)c(C(=O)/C=C/c2ccccc2OC)c(OC)c1. The van der Waals surface area contributed by atoms with Crippen LogP contribution in [0.5, 0.6) is 23.0 Å². The monoisotopic (exact) mass is 328 g/mol. The zero-order valence-corrected chi connectivity index (χ0v) is 14.2. The van der Waals surface area contributed by atoms with Crippen molar-refractivity contribution in [1.82, 2.24) is 0 Å². The van der Waals surface area contributed by atoms with Gasteiger partial charge >= 0.3 is 0 Å². The van der Waals surface area contributed by atoms with Gasteiger partial charge in [0.1, 0.15) is 28.6 Å². The molecule has 2 aromatic rings. The van der Waals surface area contributed by atoms with Gasteiger partial charge in [0.2, 0.25) is 0 Å². The summed E-state index contributed by atoms with van der Waals surface area (Å²) in [5.41, 5.74) is 1.15. The summed E-state index contributed by atoms with van der Waals surface area (Å²) in [4.78, 5) is 12.6. The van der Waals surface area contributed by atoms with Crippen molar-refractivity contribution in [3.63, 3.8) is 0 Å². The molecule has 0 heterocycles. The summed E-state index contributed by atoms with van der Waals surface area (Å²) >= 11 is 0. The van der Waals surface area contributed by atoms with E-state index in [0.29, 0.717) is 28.6 Å². The van der Waals surface area contributed by atoms with E-state index in [2.05, 4.69) is 0 Å². The van der Waals surface area contributed by atoms with Crippen LogP contribution in [0.4, 0.5) is 0 Å². The Morgan fingerprint density at radius 2 is 1.42 bits per heavy atom. The number of methoxy groups -OCH3 is 4. The molecular formula is C19H20O5. The molecule has 0 unspecified atom stereocenters. The molecule has 0 aliphatic carbocycles.